The van der Waals surface area contributed by atoms with Crippen LogP contribution >= 0.6 is 35.7 Å². The predicted octanol–water partition coefficient (Wildman–Crippen LogP) is 3.34. The van der Waals surface area contributed by atoms with Crippen LogP contribution in [0, 0.1) is 0 Å². The second-order valence-corrected chi connectivity index (χ2v) is 8.06. The Kier molecular flexibility index (Phi) is 9.51. The van der Waals surface area contributed by atoms with E-state index in [-0.39, 0.29) is 34.8 Å². The van der Waals surface area contributed by atoms with Crippen molar-refractivity contribution in [3.05, 3.63) is 24.2 Å². The van der Waals surface area contributed by atoms with Crippen molar-refractivity contribution in [2.24, 2.45) is 4.99 Å². The van der Waals surface area contributed by atoms with Crippen LogP contribution in [0.3, 0.4) is 0 Å². The SMILES string of the molecule is CN=C(NCC(c1ccco1)N1CCCC1)NCC(C)(C)SC.I. The molecule has 1 fully saturated rings. The van der Waals surface area contributed by atoms with Crippen molar-refractivity contribution >= 4 is 41.7 Å². The lowest BCUT2D eigenvalue weighted by Gasteiger charge is -2.28. The fourth-order valence-electron chi connectivity index (χ4n) is 2.73. The maximum absolute atomic E-state index is 5.66. The zero-order valence-electron chi connectivity index (χ0n) is 15.2. The number of furan rings is 1. The number of guanidine groups is 1. The van der Waals surface area contributed by atoms with E-state index in [2.05, 4.69) is 46.7 Å². The zero-order chi connectivity index (χ0) is 16.7. The maximum Gasteiger partial charge on any atom is 0.191 e. The molecule has 0 saturated carbocycles. The van der Waals surface area contributed by atoms with Crippen LogP contribution in [0.5, 0.6) is 0 Å². The van der Waals surface area contributed by atoms with Crippen LogP contribution in [0.2, 0.25) is 0 Å². The number of rotatable bonds is 7. The minimum absolute atomic E-state index is 0. The van der Waals surface area contributed by atoms with Gasteiger partial charge < -0.3 is 15.1 Å². The summed E-state index contributed by atoms with van der Waals surface area (Å²) in [5, 5.41) is 6.88. The van der Waals surface area contributed by atoms with E-state index in [1.54, 1.807) is 6.26 Å². The molecule has 2 rings (SSSR count). The first-order valence-electron chi connectivity index (χ1n) is 8.33. The lowest BCUT2D eigenvalue weighted by atomic mass is 10.2. The fourth-order valence-corrected chi connectivity index (χ4v) is 2.94. The average Bonchev–Trinajstić information content (AvgIpc) is 3.24. The van der Waals surface area contributed by atoms with Gasteiger partial charge in [0.05, 0.1) is 12.3 Å². The summed E-state index contributed by atoms with van der Waals surface area (Å²) in [5.41, 5.74) is 0. The molecule has 7 heteroatoms. The standard InChI is InChI=1S/C17H30N4OS.HI/c1-17(2,23-4)13-20-16(18-3)19-12-14(15-8-7-11-22-15)21-9-5-6-10-21;/h7-8,11,14H,5-6,9-10,12-13H2,1-4H3,(H2,18,19,20);1H. The Balaban J connectivity index is 0.00000288. The van der Waals surface area contributed by atoms with Gasteiger partial charge in [0.25, 0.3) is 0 Å². The molecule has 138 valence electrons. The summed E-state index contributed by atoms with van der Waals surface area (Å²) in [5.74, 6) is 1.88. The maximum atomic E-state index is 5.66. The lowest BCUT2D eigenvalue weighted by molar-refractivity contribution is 0.215. The van der Waals surface area contributed by atoms with E-state index in [9.17, 15) is 0 Å². The summed E-state index contributed by atoms with van der Waals surface area (Å²) in [6.07, 6.45) is 6.43. The monoisotopic (exact) mass is 466 g/mol. The van der Waals surface area contributed by atoms with Gasteiger partial charge in [-0.25, -0.2) is 0 Å². The third kappa shape index (κ3) is 6.48. The molecule has 1 atom stereocenters. The van der Waals surface area contributed by atoms with E-state index in [0.717, 1.165) is 37.9 Å². The first kappa shape index (κ1) is 21.6. The summed E-state index contributed by atoms with van der Waals surface area (Å²) in [6.45, 7) is 8.41. The van der Waals surface area contributed by atoms with Crippen molar-refractivity contribution in [3.8, 4) is 0 Å². The summed E-state index contributed by atoms with van der Waals surface area (Å²) in [7, 11) is 1.82. The molecule has 1 aliphatic rings. The number of likely N-dealkylation sites (tertiary alicyclic amines) is 1. The zero-order valence-corrected chi connectivity index (χ0v) is 18.3. The molecule has 2 heterocycles. The van der Waals surface area contributed by atoms with Gasteiger partial charge in [-0.1, -0.05) is 0 Å². The molecule has 1 aromatic rings. The van der Waals surface area contributed by atoms with E-state index in [0.29, 0.717) is 0 Å². The highest BCUT2D eigenvalue weighted by Gasteiger charge is 2.25. The molecule has 24 heavy (non-hydrogen) atoms. The van der Waals surface area contributed by atoms with Gasteiger partial charge in [0, 0.05) is 24.9 Å². The highest BCUT2D eigenvalue weighted by molar-refractivity contribution is 14.0. The minimum Gasteiger partial charge on any atom is -0.468 e. The van der Waals surface area contributed by atoms with Crippen molar-refractivity contribution in [3.63, 3.8) is 0 Å². The summed E-state index contributed by atoms with van der Waals surface area (Å²) < 4.78 is 5.85. The van der Waals surface area contributed by atoms with Crippen molar-refractivity contribution in [2.75, 3.05) is 39.5 Å². The van der Waals surface area contributed by atoms with Gasteiger partial charge in [-0.3, -0.25) is 9.89 Å². The van der Waals surface area contributed by atoms with Gasteiger partial charge in [-0.15, -0.1) is 24.0 Å². The first-order valence-corrected chi connectivity index (χ1v) is 9.55. The molecular weight excluding hydrogens is 435 g/mol. The van der Waals surface area contributed by atoms with E-state index in [1.165, 1.54) is 12.8 Å². The van der Waals surface area contributed by atoms with E-state index < -0.39 is 0 Å². The highest BCUT2D eigenvalue weighted by Crippen LogP contribution is 2.25. The molecular formula is C17H31IN4OS. The van der Waals surface area contributed by atoms with Crippen LogP contribution in [-0.2, 0) is 0 Å². The summed E-state index contributed by atoms with van der Waals surface area (Å²) in [4.78, 5) is 6.83. The van der Waals surface area contributed by atoms with Crippen LogP contribution in [0.25, 0.3) is 0 Å². The first-order chi connectivity index (χ1) is 11.1. The molecule has 1 aliphatic heterocycles. The minimum atomic E-state index is 0. The number of hydrogen-bond donors (Lipinski definition) is 2. The van der Waals surface area contributed by atoms with Crippen molar-refractivity contribution in [2.45, 2.75) is 37.5 Å². The van der Waals surface area contributed by atoms with Crippen LogP contribution in [0.1, 0.15) is 38.5 Å². The van der Waals surface area contributed by atoms with Crippen LogP contribution in [0.15, 0.2) is 27.8 Å². The topological polar surface area (TPSA) is 52.8 Å². The molecule has 0 aromatic carbocycles. The average molecular weight is 466 g/mol. The number of thioether (sulfide) groups is 1. The number of halogens is 1. The quantitative estimate of drug-likeness (QED) is 0.367. The molecule has 1 saturated heterocycles. The second-order valence-electron chi connectivity index (χ2n) is 6.54. The summed E-state index contributed by atoms with van der Waals surface area (Å²) >= 11 is 1.85. The van der Waals surface area contributed by atoms with Gasteiger partial charge in [0.1, 0.15) is 5.76 Å². The molecule has 1 aromatic heterocycles. The summed E-state index contributed by atoms with van der Waals surface area (Å²) in [6, 6.07) is 4.30. The number of nitrogens with one attached hydrogen (secondary N) is 2. The van der Waals surface area contributed by atoms with Gasteiger partial charge in [-0.05, 0) is 58.2 Å². The highest BCUT2D eigenvalue weighted by atomic mass is 127. The molecule has 5 nitrogen and oxygen atoms in total. The Hall–Kier alpha value is -0.410. The van der Waals surface area contributed by atoms with Crippen molar-refractivity contribution < 1.29 is 4.42 Å². The Morgan fingerprint density at radius 3 is 2.62 bits per heavy atom. The normalized spacial score (nSPS) is 17.4. The number of hydrogen-bond acceptors (Lipinski definition) is 4. The predicted molar refractivity (Wildman–Crippen MR) is 115 cm³/mol. The molecule has 0 spiro atoms. The van der Waals surface area contributed by atoms with E-state index >= 15 is 0 Å². The van der Waals surface area contributed by atoms with E-state index in [4.69, 9.17) is 4.42 Å². The van der Waals surface area contributed by atoms with Crippen LogP contribution in [-0.4, -0.2) is 55.1 Å². The lowest BCUT2D eigenvalue weighted by Crippen LogP contribution is -2.46. The molecule has 1 unspecified atom stereocenters. The number of nitrogens with zero attached hydrogens (tertiary/aromatic N) is 2. The van der Waals surface area contributed by atoms with Crippen molar-refractivity contribution in [1.29, 1.82) is 0 Å². The molecule has 0 radical (unpaired) electrons. The fraction of sp³-hybridized carbons (Fsp3) is 0.706. The van der Waals surface area contributed by atoms with Gasteiger partial charge >= 0.3 is 0 Å². The molecule has 0 aliphatic carbocycles. The smallest absolute Gasteiger partial charge is 0.191 e. The molecule has 2 N–H and O–H groups in total. The molecule has 0 amide bonds. The van der Waals surface area contributed by atoms with Crippen LogP contribution in [0.4, 0.5) is 0 Å². The Labute approximate surface area is 167 Å². The van der Waals surface area contributed by atoms with Crippen molar-refractivity contribution in [1.82, 2.24) is 15.5 Å². The Bertz CT molecular complexity index is 487. The van der Waals surface area contributed by atoms with E-state index in [1.807, 2.05) is 24.9 Å². The molecule has 0 bridgehead atoms. The second kappa shape index (κ2) is 10.6. The largest absolute Gasteiger partial charge is 0.468 e. The van der Waals surface area contributed by atoms with Crippen LogP contribution < -0.4 is 10.6 Å². The Morgan fingerprint density at radius 1 is 1.38 bits per heavy atom. The van der Waals surface area contributed by atoms with Gasteiger partial charge in [0.15, 0.2) is 5.96 Å². The Morgan fingerprint density at radius 2 is 2.08 bits per heavy atom. The van der Waals surface area contributed by atoms with Gasteiger partial charge in [-0.2, -0.15) is 11.8 Å². The number of aliphatic imine (C=N–C) groups is 1. The van der Waals surface area contributed by atoms with Gasteiger partial charge in [0.2, 0.25) is 0 Å². The third-order valence-corrected chi connectivity index (χ3v) is 5.62. The third-order valence-electron chi connectivity index (χ3n) is 4.37.